The van der Waals surface area contributed by atoms with Gasteiger partial charge in [0, 0.05) is 53.1 Å². The number of benzene rings is 10. The number of fused-ring (bicyclic) bond motifs is 10. The second-order valence-electron chi connectivity index (χ2n) is 16.1. The molecule has 0 bridgehead atoms. The molecule has 61 heavy (non-hydrogen) atoms. The van der Waals surface area contributed by atoms with Gasteiger partial charge in [0.1, 0.15) is 0 Å². The van der Waals surface area contributed by atoms with E-state index in [4.69, 9.17) is 0 Å². The lowest BCUT2D eigenvalue weighted by molar-refractivity contribution is 1.18. The fourth-order valence-electron chi connectivity index (χ4n) is 9.84. The van der Waals surface area contributed by atoms with Gasteiger partial charge in [-0.25, -0.2) is 0 Å². The number of hydrogen-bond acceptors (Lipinski definition) is 1. The largest absolute Gasteiger partial charge is 0.309 e. The first-order valence-electron chi connectivity index (χ1n) is 20.9. The maximum absolute atomic E-state index is 2.44. The summed E-state index contributed by atoms with van der Waals surface area (Å²) >= 11 is 1.87. The van der Waals surface area contributed by atoms with E-state index < -0.39 is 0 Å². The van der Waals surface area contributed by atoms with Gasteiger partial charge in [-0.15, -0.1) is 11.3 Å². The van der Waals surface area contributed by atoms with E-state index in [2.05, 4.69) is 228 Å². The number of para-hydroxylation sites is 2. The van der Waals surface area contributed by atoms with Gasteiger partial charge >= 0.3 is 0 Å². The maximum Gasteiger partial charge on any atom is 0.0541 e. The van der Waals surface area contributed by atoms with Crippen LogP contribution in [-0.4, -0.2) is 9.13 Å². The van der Waals surface area contributed by atoms with E-state index in [1.807, 2.05) is 11.3 Å². The quantitative estimate of drug-likeness (QED) is 0.164. The number of hydrogen-bond donors (Lipinski definition) is 0. The molecule has 0 aliphatic rings. The van der Waals surface area contributed by atoms with Crippen LogP contribution in [0.4, 0.5) is 0 Å². The van der Waals surface area contributed by atoms with Crippen LogP contribution >= 0.6 is 11.3 Å². The summed E-state index contributed by atoms with van der Waals surface area (Å²) in [5, 5.41) is 10.2. The molecule has 0 unspecified atom stereocenters. The zero-order chi connectivity index (χ0) is 40.0. The average molecular weight is 793 g/mol. The Kier molecular flexibility index (Phi) is 7.51. The van der Waals surface area contributed by atoms with E-state index in [0.29, 0.717) is 0 Å². The molecule has 284 valence electrons. The lowest BCUT2D eigenvalue weighted by Crippen LogP contribution is -1.94. The molecule has 0 N–H and O–H groups in total. The Morgan fingerprint density at radius 2 is 0.787 bits per heavy atom. The fourth-order valence-corrected chi connectivity index (χ4v) is 11.0. The van der Waals surface area contributed by atoms with Crippen LogP contribution in [-0.2, 0) is 0 Å². The maximum atomic E-state index is 2.44. The van der Waals surface area contributed by atoms with Gasteiger partial charge < -0.3 is 9.13 Å². The fraction of sp³-hybridized carbons (Fsp3) is 0. The summed E-state index contributed by atoms with van der Waals surface area (Å²) in [4.78, 5) is 0. The van der Waals surface area contributed by atoms with Gasteiger partial charge in [-0.2, -0.15) is 0 Å². The summed E-state index contributed by atoms with van der Waals surface area (Å²) in [7, 11) is 0. The third kappa shape index (κ3) is 5.34. The zero-order valence-corrected chi connectivity index (χ0v) is 33.9. The molecule has 0 fully saturated rings. The van der Waals surface area contributed by atoms with Crippen LogP contribution in [0, 0.1) is 0 Å². The molecule has 0 saturated heterocycles. The monoisotopic (exact) mass is 792 g/mol. The number of nitrogens with zero attached hydrogens (tertiary/aromatic N) is 2. The van der Waals surface area contributed by atoms with Gasteiger partial charge in [0.25, 0.3) is 0 Å². The Morgan fingerprint density at radius 1 is 0.279 bits per heavy atom. The van der Waals surface area contributed by atoms with Crippen molar-refractivity contribution >= 4 is 85.9 Å². The number of aromatic nitrogens is 2. The highest BCUT2D eigenvalue weighted by Gasteiger charge is 2.18. The first kappa shape index (κ1) is 34.2. The number of rotatable bonds is 5. The van der Waals surface area contributed by atoms with Crippen LogP contribution in [0.25, 0.3) is 119 Å². The Morgan fingerprint density at radius 3 is 1.54 bits per heavy atom. The highest BCUT2D eigenvalue weighted by Crippen LogP contribution is 2.43. The third-order valence-electron chi connectivity index (χ3n) is 12.7. The third-order valence-corrected chi connectivity index (χ3v) is 13.8. The molecule has 2 nitrogen and oxygen atoms in total. The summed E-state index contributed by atoms with van der Waals surface area (Å²) in [6.45, 7) is 0. The Labute approximate surface area is 356 Å². The predicted molar refractivity (Wildman–Crippen MR) is 262 cm³/mol. The highest BCUT2D eigenvalue weighted by atomic mass is 32.1. The molecule has 0 atom stereocenters. The highest BCUT2D eigenvalue weighted by molar-refractivity contribution is 7.25. The minimum atomic E-state index is 1.14. The normalized spacial score (nSPS) is 11.9. The van der Waals surface area contributed by atoms with Gasteiger partial charge in [-0.05, 0) is 129 Å². The smallest absolute Gasteiger partial charge is 0.0541 e. The van der Waals surface area contributed by atoms with E-state index in [1.54, 1.807) is 0 Å². The molecule has 0 radical (unpaired) electrons. The van der Waals surface area contributed by atoms with E-state index >= 15 is 0 Å². The lowest BCUT2D eigenvalue weighted by atomic mass is 9.97. The number of thiophene rings is 1. The molecule has 3 heteroatoms. The van der Waals surface area contributed by atoms with Gasteiger partial charge in [0.05, 0.1) is 22.1 Å². The molecule has 0 amide bonds. The van der Waals surface area contributed by atoms with Crippen molar-refractivity contribution in [3.63, 3.8) is 0 Å². The second kappa shape index (κ2) is 13.4. The van der Waals surface area contributed by atoms with E-state index in [1.165, 1.54) is 114 Å². The standard InChI is InChI=1S/C58H36N2S/c1-2-13-44(14-3-1)59-52-18-8-6-15-47(52)49-34-41(25-30-53(49)59)42-26-31-54-50(35-42)51-36-43(46-17-10-20-57-58(46)48-16-7-9-19-56(48)61-57)27-32-55(51)60(54)45-28-23-38(24-29-45)40-22-21-37-11-4-5-12-39(37)33-40/h1-36H. The van der Waals surface area contributed by atoms with Crippen LogP contribution in [0.15, 0.2) is 218 Å². The van der Waals surface area contributed by atoms with Crippen molar-refractivity contribution in [2.24, 2.45) is 0 Å². The van der Waals surface area contributed by atoms with Crippen molar-refractivity contribution in [1.82, 2.24) is 9.13 Å². The van der Waals surface area contributed by atoms with Crippen molar-refractivity contribution in [3.8, 4) is 44.8 Å². The summed E-state index contributed by atoms with van der Waals surface area (Å²) in [6, 6.07) is 80.5. The van der Waals surface area contributed by atoms with E-state index in [-0.39, 0.29) is 0 Å². The molecule has 3 heterocycles. The average Bonchev–Trinajstić information content (AvgIpc) is 3.99. The summed E-state index contributed by atoms with van der Waals surface area (Å²) < 4.78 is 7.47. The second-order valence-corrected chi connectivity index (χ2v) is 17.2. The zero-order valence-electron chi connectivity index (χ0n) is 33.1. The van der Waals surface area contributed by atoms with Gasteiger partial charge in [0.2, 0.25) is 0 Å². The van der Waals surface area contributed by atoms with Gasteiger partial charge in [0.15, 0.2) is 0 Å². The summed E-state index contributed by atoms with van der Waals surface area (Å²) in [6.07, 6.45) is 0. The Bertz CT molecular complexity index is 3860. The molecule has 13 aromatic rings. The minimum Gasteiger partial charge on any atom is -0.309 e. The van der Waals surface area contributed by atoms with E-state index in [9.17, 15) is 0 Å². The molecular formula is C58H36N2S. The molecular weight excluding hydrogens is 757 g/mol. The van der Waals surface area contributed by atoms with Crippen molar-refractivity contribution in [1.29, 1.82) is 0 Å². The summed E-state index contributed by atoms with van der Waals surface area (Å²) in [5.41, 5.74) is 14.5. The van der Waals surface area contributed by atoms with Gasteiger partial charge in [-0.1, -0.05) is 133 Å². The van der Waals surface area contributed by atoms with Crippen LogP contribution in [0.1, 0.15) is 0 Å². The first-order chi connectivity index (χ1) is 30.2. The molecule has 0 saturated carbocycles. The van der Waals surface area contributed by atoms with Crippen LogP contribution in [0.5, 0.6) is 0 Å². The molecule has 3 aromatic heterocycles. The predicted octanol–water partition coefficient (Wildman–Crippen LogP) is 16.4. The molecule has 0 aliphatic carbocycles. The lowest BCUT2D eigenvalue weighted by Gasteiger charge is -2.11. The van der Waals surface area contributed by atoms with Crippen molar-refractivity contribution in [2.45, 2.75) is 0 Å². The summed E-state index contributed by atoms with van der Waals surface area (Å²) in [5.74, 6) is 0. The van der Waals surface area contributed by atoms with E-state index in [0.717, 1.165) is 5.69 Å². The topological polar surface area (TPSA) is 9.86 Å². The minimum absolute atomic E-state index is 1.14. The van der Waals surface area contributed by atoms with Crippen LogP contribution in [0.2, 0.25) is 0 Å². The van der Waals surface area contributed by atoms with Crippen molar-refractivity contribution in [3.05, 3.63) is 218 Å². The Balaban J connectivity index is 1.01. The van der Waals surface area contributed by atoms with Gasteiger partial charge in [-0.3, -0.25) is 0 Å². The molecule has 0 aliphatic heterocycles. The molecule has 10 aromatic carbocycles. The first-order valence-corrected chi connectivity index (χ1v) is 21.7. The molecule has 0 spiro atoms. The van der Waals surface area contributed by atoms with Crippen LogP contribution in [0.3, 0.4) is 0 Å². The SMILES string of the molecule is c1ccc(-n2c3ccccc3c3cc(-c4ccc5c(c4)c4cc(-c6cccc7sc8ccccc8c67)ccc4n5-c4ccc(-c5ccc6ccccc6c5)cc4)ccc32)cc1. The van der Waals surface area contributed by atoms with Crippen molar-refractivity contribution < 1.29 is 0 Å². The van der Waals surface area contributed by atoms with Crippen LogP contribution < -0.4 is 0 Å². The van der Waals surface area contributed by atoms with Crippen molar-refractivity contribution in [2.75, 3.05) is 0 Å². The Hall–Kier alpha value is -7.72. The molecule has 13 rings (SSSR count).